The molecular formula is C22H22F9N7O3. The molecule has 226 valence electrons. The number of halogens is 9. The molecule has 0 spiro atoms. The van der Waals surface area contributed by atoms with E-state index in [9.17, 15) is 44.3 Å². The molecule has 0 bridgehead atoms. The zero-order valence-corrected chi connectivity index (χ0v) is 21.4. The maximum Gasteiger partial charge on any atom is 0.416 e. The van der Waals surface area contributed by atoms with Gasteiger partial charge in [-0.2, -0.15) is 39.5 Å². The highest BCUT2D eigenvalue weighted by Crippen LogP contribution is 2.39. The first-order valence-corrected chi connectivity index (χ1v) is 11.6. The SMILES string of the molecule is CCN(C(=O)NC(CCC(F)(F)F)C(F)(F)F)C(c1ncc(OC)c(-c2cn3ccnc3c(OC)n2)n1)C(F)(F)F. The molecule has 0 radical (unpaired) electrons. The van der Waals surface area contributed by atoms with Gasteiger partial charge in [0.25, 0.3) is 5.88 Å². The number of carbonyl (C=O) groups excluding carboxylic acids is 1. The third kappa shape index (κ3) is 7.37. The highest BCUT2D eigenvalue weighted by Gasteiger charge is 2.50. The molecule has 2 atom stereocenters. The fourth-order valence-corrected chi connectivity index (χ4v) is 3.77. The number of urea groups is 1. The van der Waals surface area contributed by atoms with Crippen molar-refractivity contribution in [3.63, 3.8) is 0 Å². The smallest absolute Gasteiger partial charge is 0.416 e. The maximum absolute atomic E-state index is 14.3. The lowest BCUT2D eigenvalue weighted by Crippen LogP contribution is -2.54. The van der Waals surface area contributed by atoms with E-state index in [4.69, 9.17) is 9.47 Å². The van der Waals surface area contributed by atoms with Crippen LogP contribution in [0.15, 0.2) is 24.8 Å². The highest BCUT2D eigenvalue weighted by atomic mass is 19.4. The first-order chi connectivity index (χ1) is 19.0. The number of rotatable bonds is 9. The Bertz CT molecular complexity index is 1360. The lowest BCUT2D eigenvalue weighted by atomic mass is 10.1. The quantitative estimate of drug-likeness (QED) is 0.339. The lowest BCUT2D eigenvalue weighted by Gasteiger charge is -2.33. The number of fused-ring (bicyclic) bond motifs is 1. The van der Waals surface area contributed by atoms with Crippen LogP contribution < -0.4 is 14.8 Å². The van der Waals surface area contributed by atoms with Crippen molar-refractivity contribution in [2.24, 2.45) is 0 Å². The molecule has 3 heterocycles. The minimum atomic E-state index is -5.38. The van der Waals surface area contributed by atoms with Gasteiger partial charge in [0.05, 0.1) is 20.4 Å². The van der Waals surface area contributed by atoms with E-state index in [1.807, 2.05) is 0 Å². The third-order valence-corrected chi connectivity index (χ3v) is 5.65. The van der Waals surface area contributed by atoms with Crippen molar-refractivity contribution >= 4 is 11.7 Å². The minimum Gasteiger partial charge on any atom is -0.493 e. The van der Waals surface area contributed by atoms with Crippen LogP contribution in [0.1, 0.15) is 31.6 Å². The van der Waals surface area contributed by atoms with Gasteiger partial charge < -0.3 is 24.1 Å². The van der Waals surface area contributed by atoms with Crippen molar-refractivity contribution in [3.05, 3.63) is 30.6 Å². The monoisotopic (exact) mass is 603 g/mol. The van der Waals surface area contributed by atoms with E-state index < -0.39 is 61.9 Å². The largest absolute Gasteiger partial charge is 0.493 e. The van der Waals surface area contributed by atoms with E-state index in [1.54, 1.807) is 0 Å². The normalized spacial score (nSPS) is 14.0. The number of hydrogen-bond donors (Lipinski definition) is 1. The Morgan fingerprint density at radius 1 is 1.02 bits per heavy atom. The average molecular weight is 603 g/mol. The first-order valence-electron chi connectivity index (χ1n) is 11.6. The molecule has 0 aliphatic carbocycles. The maximum atomic E-state index is 14.3. The number of alkyl halides is 9. The van der Waals surface area contributed by atoms with Gasteiger partial charge in [-0.25, -0.2) is 24.7 Å². The van der Waals surface area contributed by atoms with E-state index in [1.165, 1.54) is 42.5 Å². The minimum absolute atomic E-state index is 0.0336. The Labute approximate surface area is 225 Å². The molecule has 19 heteroatoms. The Morgan fingerprint density at radius 2 is 1.71 bits per heavy atom. The summed E-state index contributed by atoms with van der Waals surface area (Å²) >= 11 is 0. The molecule has 0 saturated carbocycles. The number of methoxy groups -OCH3 is 2. The number of imidazole rings is 1. The number of aromatic nitrogens is 5. The number of ether oxygens (including phenoxy) is 2. The van der Waals surface area contributed by atoms with Crippen LogP contribution in [0, 0.1) is 0 Å². The van der Waals surface area contributed by atoms with Gasteiger partial charge >= 0.3 is 24.6 Å². The Morgan fingerprint density at radius 3 is 2.24 bits per heavy atom. The fraction of sp³-hybridized carbons (Fsp3) is 0.500. The third-order valence-electron chi connectivity index (χ3n) is 5.65. The molecule has 10 nitrogen and oxygen atoms in total. The highest BCUT2D eigenvalue weighted by molar-refractivity contribution is 5.75. The summed E-state index contributed by atoms with van der Waals surface area (Å²) < 4.78 is 132. The van der Waals surface area contributed by atoms with Crippen LogP contribution in [0.2, 0.25) is 0 Å². The second-order valence-corrected chi connectivity index (χ2v) is 8.37. The number of nitrogens with zero attached hydrogens (tertiary/aromatic N) is 6. The van der Waals surface area contributed by atoms with Gasteiger partial charge in [0, 0.05) is 31.6 Å². The molecule has 0 aromatic carbocycles. The Hall–Kier alpha value is -4.06. The van der Waals surface area contributed by atoms with Crippen molar-refractivity contribution < 1.29 is 53.8 Å². The fourth-order valence-electron chi connectivity index (χ4n) is 3.77. The van der Waals surface area contributed by atoms with Crippen LogP contribution in [0.5, 0.6) is 11.6 Å². The van der Waals surface area contributed by atoms with Crippen molar-refractivity contribution in [3.8, 4) is 23.0 Å². The van der Waals surface area contributed by atoms with Crippen molar-refractivity contribution in [2.75, 3.05) is 20.8 Å². The van der Waals surface area contributed by atoms with Crippen LogP contribution in [0.25, 0.3) is 17.0 Å². The van der Waals surface area contributed by atoms with Crippen LogP contribution in [0.3, 0.4) is 0 Å². The van der Waals surface area contributed by atoms with Gasteiger partial charge in [0.1, 0.15) is 17.4 Å². The van der Waals surface area contributed by atoms with Gasteiger partial charge in [0.2, 0.25) is 0 Å². The van der Waals surface area contributed by atoms with E-state index >= 15 is 0 Å². The van der Waals surface area contributed by atoms with Crippen molar-refractivity contribution in [2.45, 2.75) is 50.4 Å². The Kier molecular flexibility index (Phi) is 9.07. The zero-order valence-electron chi connectivity index (χ0n) is 21.4. The summed E-state index contributed by atoms with van der Waals surface area (Å²) in [6, 6.07) is -8.02. The topological polar surface area (TPSA) is 107 Å². The van der Waals surface area contributed by atoms with Crippen LogP contribution in [0.4, 0.5) is 44.3 Å². The summed E-state index contributed by atoms with van der Waals surface area (Å²) in [7, 11) is 2.43. The number of amides is 2. The van der Waals surface area contributed by atoms with Gasteiger partial charge in [-0.3, -0.25) is 0 Å². The van der Waals surface area contributed by atoms with Gasteiger partial charge in [-0.15, -0.1) is 0 Å². The van der Waals surface area contributed by atoms with E-state index in [-0.39, 0.29) is 33.6 Å². The van der Waals surface area contributed by atoms with Crippen LogP contribution in [-0.2, 0) is 0 Å². The van der Waals surface area contributed by atoms with Crippen molar-refractivity contribution in [1.82, 2.24) is 34.6 Å². The Balaban J connectivity index is 2.06. The summed E-state index contributed by atoms with van der Waals surface area (Å²) in [5, 5.41) is 1.25. The molecule has 0 aliphatic heterocycles. The summed E-state index contributed by atoms with van der Waals surface area (Å²) in [4.78, 5) is 28.4. The second-order valence-electron chi connectivity index (χ2n) is 8.37. The molecule has 1 N–H and O–H groups in total. The molecule has 0 fully saturated rings. The van der Waals surface area contributed by atoms with Crippen molar-refractivity contribution in [1.29, 1.82) is 0 Å². The number of hydrogen-bond acceptors (Lipinski definition) is 7. The molecule has 3 aromatic rings. The lowest BCUT2D eigenvalue weighted by molar-refractivity contribution is -0.182. The van der Waals surface area contributed by atoms with E-state index in [2.05, 4.69) is 19.9 Å². The summed E-state index contributed by atoms with van der Waals surface area (Å²) in [5.41, 5.74) is -0.114. The molecule has 0 aliphatic rings. The molecule has 2 amide bonds. The predicted molar refractivity (Wildman–Crippen MR) is 122 cm³/mol. The van der Waals surface area contributed by atoms with Gasteiger partial charge in [-0.1, -0.05) is 0 Å². The van der Waals surface area contributed by atoms with Crippen LogP contribution >= 0.6 is 0 Å². The predicted octanol–water partition coefficient (Wildman–Crippen LogP) is 5.11. The van der Waals surface area contributed by atoms with E-state index in [0.29, 0.717) is 0 Å². The number of carbonyl (C=O) groups is 1. The van der Waals surface area contributed by atoms with Crippen LogP contribution in [-0.4, -0.2) is 80.6 Å². The molecular weight excluding hydrogens is 581 g/mol. The summed E-state index contributed by atoms with van der Waals surface area (Å²) in [5.74, 6) is -1.26. The average Bonchev–Trinajstić information content (AvgIpc) is 3.35. The molecule has 0 saturated heterocycles. The summed E-state index contributed by atoms with van der Waals surface area (Å²) in [6.07, 6.45) is -14.2. The van der Waals surface area contributed by atoms with Gasteiger partial charge in [-0.05, 0) is 13.3 Å². The molecule has 3 rings (SSSR count). The zero-order chi connectivity index (χ0) is 30.8. The second kappa shape index (κ2) is 11.8. The first kappa shape index (κ1) is 31.5. The molecule has 2 unspecified atom stereocenters. The number of nitrogens with one attached hydrogen (secondary N) is 1. The summed E-state index contributed by atoms with van der Waals surface area (Å²) in [6.45, 7) is 0.206. The molecule has 3 aromatic heterocycles. The standard InChI is InChI=1S/C22H22F9N7O3/c1-4-38(19(39)35-13(21(26,27)28)5-6-20(23,24)25)15(22(29,30)31)16-33-9-12(40-2)14(36-16)11-10-37-8-7-32-17(37)18(34-11)41-3/h7-10,13,15H,4-6H2,1-3H3,(H,35,39). The van der Waals surface area contributed by atoms with E-state index in [0.717, 1.165) is 13.1 Å². The van der Waals surface area contributed by atoms with Gasteiger partial charge in [0.15, 0.2) is 23.3 Å². The molecule has 41 heavy (non-hydrogen) atoms.